The minimum absolute atomic E-state index is 0.0388. The van der Waals surface area contributed by atoms with Crippen LogP contribution in [0.25, 0.3) is 0 Å². The SMILES string of the molecule is COC(C)COc1ccc(C(F)(F)F)cc1N. The van der Waals surface area contributed by atoms with Crippen molar-refractivity contribution < 1.29 is 22.6 Å². The molecule has 3 nitrogen and oxygen atoms in total. The molecule has 0 bridgehead atoms. The summed E-state index contributed by atoms with van der Waals surface area (Å²) in [4.78, 5) is 0. The van der Waals surface area contributed by atoms with Gasteiger partial charge in [-0.2, -0.15) is 13.2 Å². The molecule has 0 aliphatic carbocycles. The number of ether oxygens (including phenoxy) is 2. The predicted octanol–water partition coefficient (Wildman–Crippen LogP) is 2.70. The highest BCUT2D eigenvalue weighted by Crippen LogP contribution is 2.33. The van der Waals surface area contributed by atoms with Crippen molar-refractivity contribution in [2.75, 3.05) is 19.5 Å². The summed E-state index contributed by atoms with van der Waals surface area (Å²) in [5.41, 5.74) is 4.65. The molecule has 0 saturated carbocycles. The summed E-state index contributed by atoms with van der Waals surface area (Å²) in [5, 5.41) is 0. The average molecular weight is 249 g/mol. The number of hydrogen-bond acceptors (Lipinski definition) is 3. The zero-order valence-electron chi connectivity index (χ0n) is 9.54. The molecule has 0 aliphatic heterocycles. The van der Waals surface area contributed by atoms with Crippen molar-refractivity contribution in [3.63, 3.8) is 0 Å². The van der Waals surface area contributed by atoms with E-state index < -0.39 is 11.7 Å². The van der Waals surface area contributed by atoms with Gasteiger partial charge in [-0.1, -0.05) is 0 Å². The lowest BCUT2D eigenvalue weighted by Crippen LogP contribution is -2.16. The molecule has 1 unspecified atom stereocenters. The second-order valence-electron chi connectivity index (χ2n) is 3.61. The van der Waals surface area contributed by atoms with Crippen LogP contribution in [0.4, 0.5) is 18.9 Å². The van der Waals surface area contributed by atoms with E-state index in [0.717, 1.165) is 12.1 Å². The van der Waals surface area contributed by atoms with Gasteiger partial charge in [0.05, 0.1) is 17.4 Å². The van der Waals surface area contributed by atoms with Crippen molar-refractivity contribution in [1.82, 2.24) is 0 Å². The van der Waals surface area contributed by atoms with Gasteiger partial charge in [0.2, 0.25) is 0 Å². The third-order valence-corrected chi connectivity index (χ3v) is 2.21. The molecular formula is C11H14F3NO2. The second kappa shape index (κ2) is 5.27. The number of alkyl halides is 3. The van der Waals surface area contributed by atoms with Crippen molar-refractivity contribution in [2.45, 2.75) is 19.2 Å². The first-order valence-electron chi connectivity index (χ1n) is 4.97. The van der Waals surface area contributed by atoms with Crippen LogP contribution in [0, 0.1) is 0 Å². The molecule has 1 aromatic carbocycles. The smallest absolute Gasteiger partial charge is 0.416 e. The molecule has 0 fully saturated rings. The zero-order chi connectivity index (χ0) is 13.1. The van der Waals surface area contributed by atoms with Crippen LogP contribution in [0.15, 0.2) is 18.2 Å². The van der Waals surface area contributed by atoms with Gasteiger partial charge in [0, 0.05) is 7.11 Å². The molecule has 0 aliphatic rings. The quantitative estimate of drug-likeness (QED) is 0.834. The number of benzene rings is 1. The number of anilines is 1. The molecule has 96 valence electrons. The Morgan fingerprint density at radius 3 is 2.47 bits per heavy atom. The van der Waals surface area contributed by atoms with E-state index in [1.165, 1.54) is 13.2 Å². The summed E-state index contributed by atoms with van der Waals surface area (Å²) in [6, 6.07) is 3.00. The van der Waals surface area contributed by atoms with Crippen molar-refractivity contribution >= 4 is 5.69 Å². The zero-order valence-corrected chi connectivity index (χ0v) is 9.54. The highest BCUT2D eigenvalue weighted by atomic mass is 19.4. The van der Waals surface area contributed by atoms with Crippen LogP contribution < -0.4 is 10.5 Å². The molecule has 1 rings (SSSR count). The van der Waals surface area contributed by atoms with E-state index in [-0.39, 0.29) is 24.1 Å². The number of nitrogens with two attached hydrogens (primary N) is 1. The van der Waals surface area contributed by atoms with Crippen LogP contribution in [0.2, 0.25) is 0 Å². The maximum absolute atomic E-state index is 12.4. The summed E-state index contributed by atoms with van der Waals surface area (Å²) in [7, 11) is 1.52. The number of methoxy groups -OCH3 is 1. The van der Waals surface area contributed by atoms with E-state index in [9.17, 15) is 13.2 Å². The molecular weight excluding hydrogens is 235 g/mol. The minimum Gasteiger partial charge on any atom is -0.489 e. The molecule has 0 radical (unpaired) electrons. The normalized spacial score (nSPS) is 13.5. The van der Waals surface area contributed by atoms with E-state index in [0.29, 0.717) is 0 Å². The summed E-state index contributed by atoms with van der Waals surface area (Å²) in [5.74, 6) is 0.224. The first kappa shape index (κ1) is 13.6. The molecule has 6 heteroatoms. The van der Waals surface area contributed by atoms with E-state index in [1.54, 1.807) is 6.92 Å². The maximum Gasteiger partial charge on any atom is 0.416 e. The molecule has 0 amide bonds. The highest BCUT2D eigenvalue weighted by molar-refractivity contribution is 5.54. The van der Waals surface area contributed by atoms with Gasteiger partial charge in [-0.3, -0.25) is 0 Å². The number of hydrogen-bond donors (Lipinski definition) is 1. The average Bonchev–Trinajstić information content (AvgIpc) is 2.25. The van der Waals surface area contributed by atoms with Crippen molar-refractivity contribution in [3.05, 3.63) is 23.8 Å². The topological polar surface area (TPSA) is 44.5 Å². The summed E-state index contributed by atoms with van der Waals surface area (Å²) >= 11 is 0. The van der Waals surface area contributed by atoms with Gasteiger partial charge in [0.25, 0.3) is 0 Å². The Bertz CT molecular complexity index is 379. The Morgan fingerprint density at radius 1 is 1.35 bits per heavy atom. The third-order valence-electron chi connectivity index (χ3n) is 2.21. The van der Waals surface area contributed by atoms with E-state index >= 15 is 0 Å². The molecule has 17 heavy (non-hydrogen) atoms. The van der Waals surface area contributed by atoms with Gasteiger partial charge in [0.15, 0.2) is 0 Å². The lowest BCUT2D eigenvalue weighted by atomic mass is 10.2. The van der Waals surface area contributed by atoms with Crippen molar-refractivity contribution in [2.24, 2.45) is 0 Å². The highest BCUT2D eigenvalue weighted by Gasteiger charge is 2.30. The monoisotopic (exact) mass is 249 g/mol. The maximum atomic E-state index is 12.4. The van der Waals surface area contributed by atoms with Crippen LogP contribution in [0.3, 0.4) is 0 Å². The van der Waals surface area contributed by atoms with Crippen LogP contribution in [-0.4, -0.2) is 19.8 Å². The second-order valence-corrected chi connectivity index (χ2v) is 3.61. The Labute approximate surface area is 97.3 Å². The minimum atomic E-state index is -4.40. The van der Waals surface area contributed by atoms with Crippen LogP contribution in [0.1, 0.15) is 12.5 Å². The molecule has 1 atom stereocenters. The van der Waals surface area contributed by atoms with Crippen molar-refractivity contribution in [3.8, 4) is 5.75 Å². The third kappa shape index (κ3) is 3.81. The first-order chi connectivity index (χ1) is 7.84. The van der Waals surface area contributed by atoms with Gasteiger partial charge in [-0.15, -0.1) is 0 Å². The first-order valence-corrected chi connectivity index (χ1v) is 4.97. The van der Waals surface area contributed by atoms with E-state index in [2.05, 4.69) is 0 Å². The summed E-state index contributed by atoms with van der Waals surface area (Å²) in [6.07, 6.45) is -4.55. The molecule has 1 aromatic rings. The van der Waals surface area contributed by atoms with Gasteiger partial charge >= 0.3 is 6.18 Å². The summed E-state index contributed by atoms with van der Waals surface area (Å²) < 4.78 is 47.2. The van der Waals surface area contributed by atoms with Gasteiger partial charge in [-0.25, -0.2) is 0 Å². The molecule has 0 saturated heterocycles. The summed E-state index contributed by atoms with van der Waals surface area (Å²) in [6.45, 7) is 2.01. The van der Waals surface area contributed by atoms with Crippen LogP contribution in [0.5, 0.6) is 5.75 Å². The Morgan fingerprint density at radius 2 is 2.00 bits per heavy atom. The van der Waals surface area contributed by atoms with Crippen LogP contribution in [-0.2, 0) is 10.9 Å². The van der Waals surface area contributed by atoms with Gasteiger partial charge in [-0.05, 0) is 25.1 Å². The standard InChI is InChI=1S/C11H14F3NO2/c1-7(16-2)6-17-10-4-3-8(5-9(10)15)11(12,13)14/h3-5,7H,6,15H2,1-2H3. The predicted molar refractivity (Wildman–Crippen MR) is 57.8 cm³/mol. The Kier molecular flexibility index (Phi) is 4.22. The number of nitrogen functional groups attached to an aromatic ring is 1. The van der Waals surface area contributed by atoms with Crippen LogP contribution >= 0.6 is 0 Å². The largest absolute Gasteiger partial charge is 0.489 e. The Balaban J connectivity index is 2.77. The van der Waals surface area contributed by atoms with Crippen molar-refractivity contribution in [1.29, 1.82) is 0 Å². The lowest BCUT2D eigenvalue weighted by molar-refractivity contribution is -0.137. The number of halogens is 3. The fourth-order valence-electron chi connectivity index (χ4n) is 1.13. The van der Waals surface area contributed by atoms with Gasteiger partial charge < -0.3 is 15.2 Å². The fourth-order valence-corrected chi connectivity index (χ4v) is 1.13. The fraction of sp³-hybridized carbons (Fsp3) is 0.455. The lowest BCUT2D eigenvalue weighted by Gasteiger charge is -2.14. The van der Waals surface area contributed by atoms with E-state index in [1.807, 2.05) is 0 Å². The molecule has 0 heterocycles. The number of rotatable bonds is 4. The van der Waals surface area contributed by atoms with Gasteiger partial charge in [0.1, 0.15) is 12.4 Å². The van der Waals surface area contributed by atoms with E-state index in [4.69, 9.17) is 15.2 Å². The Hall–Kier alpha value is -1.43. The molecule has 2 N–H and O–H groups in total. The molecule has 0 spiro atoms. The molecule has 0 aromatic heterocycles.